The minimum atomic E-state index is -2.27. The molecule has 0 unspecified atom stereocenters. The van der Waals surface area contributed by atoms with Crippen molar-refractivity contribution in [3.63, 3.8) is 0 Å². The van der Waals surface area contributed by atoms with E-state index in [1.165, 1.54) is 26.0 Å². The van der Waals surface area contributed by atoms with Gasteiger partial charge in [-0.3, -0.25) is 19.1 Å². The van der Waals surface area contributed by atoms with Gasteiger partial charge in [-0.1, -0.05) is 13.0 Å². The maximum Gasteiger partial charge on any atom is 0.303 e. The summed E-state index contributed by atoms with van der Waals surface area (Å²) in [4.78, 5) is 37.1. The van der Waals surface area contributed by atoms with Crippen molar-refractivity contribution >= 4 is 17.5 Å². The van der Waals surface area contributed by atoms with Crippen LogP contribution in [-0.4, -0.2) is 64.7 Å². The van der Waals surface area contributed by atoms with Crippen molar-refractivity contribution in [3.8, 4) is 0 Å². The molecule has 5 aliphatic rings. The minimum absolute atomic E-state index is 0. The Balaban J connectivity index is 0.00000304. The molecule has 4 aliphatic carbocycles. The molecule has 0 radical (unpaired) electrons. The molecule has 9 atom stereocenters. The lowest BCUT2D eigenvalue weighted by Crippen LogP contribution is -2.71. The first-order chi connectivity index (χ1) is 16.1. The largest absolute Gasteiger partial charge is 0.458 e. The van der Waals surface area contributed by atoms with Crippen LogP contribution in [0.25, 0.3) is 0 Å². The third-order valence-electron chi connectivity index (χ3n) is 9.44. The number of hydrogen-bond donors (Lipinski definition) is 1. The van der Waals surface area contributed by atoms with Crippen LogP contribution in [0, 0.1) is 22.7 Å². The van der Waals surface area contributed by atoms with E-state index in [9.17, 15) is 19.5 Å². The molecule has 200 valence electrons. The van der Waals surface area contributed by atoms with E-state index in [0.717, 1.165) is 6.08 Å². The van der Waals surface area contributed by atoms with E-state index in [1.54, 1.807) is 20.8 Å². The summed E-state index contributed by atoms with van der Waals surface area (Å²) >= 11 is 0. The second kappa shape index (κ2) is 7.98. The van der Waals surface area contributed by atoms with E-state index in [2.05, 4.69) is 0 Å². The van der Waals surface area contributed by atoms with Crippen LogP contribution in [0.4, 0.5) is 13.5 Å². The summed E-state index contributed by atoms with van der Waals surface area (Å²) in [6, 6.07) is 0. The van der Waals surface area contributed by atoms with E-state index in [-0.39, 0.29) is 29.5 Å². The van der Waals surface area contributed by atoms with Crippen LogP contribution >= 0.6 is 0 Å². The lowest BCUT2D eigenvalue weighted by atomic mass is 9.44. The lowest BCUT2D eigenvalue weighted by Gasteiger charge is -2.63. The summed E-state index contributed by atoms with van der Waals surface area (Å²) in [5, 5.41) is 11.5. The van der Waals surface area contributed by atoms with Gasteiger partial charge in [0.15, 0.2) is 29.4 Å². The standard InChI is InChI=1S/C26H32F2O7.FH/c1-13(29)33-12-20(32)26-21(34-22(2,3)35-26)10-15-16-9-18(27)17-8-14(30)6-7-23(17,4)25(16,28)19(31)11-24(15,26)5;/h6-8,15-16,18-19,21,31H,9-12H2,1-5H3;1H/t15-,16-,18-,19-,21+,23-,24-,25-,26+;/m0./s1. The predicted octanol–water partition coefficient (Wildman–Crippen LogP) is 3.09. The summed E-state index contributed by atoms with van der Waals surface area (Å²) in [6.45, 7) is 7.28. The van der Waals surface area contributed by atoms with Crippen LogP contribution < -0.4 is 0 Å². The Kier molecular flexibility index (Phi) is 5.99. The summed E-state index contributed by atoms with van der Waals surface area (Å²) in [5.41, 5.74) is -6.46. The molecule has 1 heterocycles. The molecule has 0 amide bonds. The van der Waals surface area contributed by atoms with Gasteiger partial charge in [0.05, 0.1) is 12.2 Å². The number of Topliss-reactive ketones (excluding diaryl/α,β-unsaturated/α-hetero) is 1. The highest BCUT2D eigenvalue weighted by Crippen LogP contribution is 2.72. The number of aliphatic hydroxyl groups excluding tert-OH is 1. The fourth-order valence-electron chi connectivity index (χ4n) is 8.08. The number of aliphatic hydroxyl groups is 1. The van der Waals surface area contributed by atoms with Gasteiger partial charge in [-0.25, -0.2) is 8.78 Å². The third-order valence-corrected chi connectivity index (χ3v) is 9.44. The first-order valence-corrected chi connectivity index (χ1v) is 12.1. The number of carbonyl (C=O) groups excluding carboxylic acids is 3. The molecular weight excluding hydrogens is 481 g/mol. The predicted molar refractivity (Wildman–Crippen MR) is 121 cm³/mol. The van der Waals surface area contributed by atoms with Gasteiger partial charge in [-0.05, 0) is 63.7 Å². The fraction of sp³-hybridized carbons (Fsp3) is 0.731. The van der Waals surface area contributed by atoms with Crippen molar-refractivity contribution in [1.82, 2.24) is 0 Å². The Labute approximate surface area is 207 Å². The average Bonchev–Trinajstić information content (AvgIpc) is 3.16. The lowest BCUT2D eigenvalue weighted by molar-refractivity contribution is -0.249. The SMILES string of the molecule is CC(=O)OCC(=O)[C@@]12OC(C)(C)O[C@@H]1C[C@H]1[C@@H]3C[C@H](F)C4=CC(=O)C=C[C@]4(C)[C@@]3(F)[C@@H](O)C[C@@]12C.F. The molecule has 10 heteroatoms. The van der Waals surface area contributed by atoms with Crippen LogP contribution in [0.1, 0.15) is 53.9 Å². The normalized spacial score (nSPS) is 48.1. The minimum Gasteiger partial charge on any atom is -0.458 e. The highest BCUT2D eigenvalue weighted by Gasteiger charge is 2.80. The maximum absolute atomic E-state index is 17.3. The van der Waals surface area contributed by atoms with Crippen molar-refractivity contribution in [2.75, 3.05) is 6.61 Å². The Morgan fingerprint density at radius 3 is 2.50 bits per heavy atom. The average molecular weight is 515 g/mol. The summed E-state index contributed by atoms with van der Waals surface area (Å²) in [6.07, 6.45) is -0.345. The number of hydrogen-bond acceptors (Lipinski definition) is 7. The molecule has 36 heavy (non-hydrogen) atoms. The second-order valence-electron chi connectivity index (χ2n) is 11.6. The van der Waals surface area contributed by atoms with Gasteiger partial charge in [0.1, 0.15) is 6.17 Å². The molecule has 0 aromatic carbocycles. The van der Waals surface area contributed by atoms with E-state index < -0.39 is 82.2 Å². The molecule has 7 nitrogen and oxygen atoms in total. The van der Waals surface area contributed by atoms with E-state index in [1.807, 2.05) is 0 Å². The van der Waals surface area contributed by atoms with Crippen LogP contribution in [-0.2, 0) is 28.6 Å². The van der Waals surface area contributed by atoms with Gasteiger partial charge in [-0.2, -0.15) is 0 Å². The van der Waals surface area contributed by atoms with Crippen molar-refractivity contribution in [1.29, 1.82) is 0 Å². The number of allylic oxidation sites excluding steroid dienone is 4. The fourth-order valence-corrected chi connectivity index (χ4v) is 8.08. The molecule has 5 rings (SSSR count). The number of esters is 1. The quantitative estimate of drug-likeness (QED) is 0.578. The molecule has 1 N–H and O–H groups in total. The molecule has 1 saturated heterocycles. The number of alkyl halides is 2. The van der Waals surface area contributed by atoms with Gasteiger partial charge >= 0.3 is 5.97 Å². The zero-order valence-electron chi connectivity index (χ0n) is 21.0. The highest BCUT2D eigenvalue weighted by atomic mass is 19.1. The number of carbonyl (C=O) groups is 3. The molecule has 0 spiro atoms. The van der Waals surface area contributed by atoms with E-state index in [0.29, 0.717) is 0 Å². The van der Waals surface area contributed by atoms with Crippen molar-refractivity contribution in [3.05, 3.63) is 23.8 Å². The van der Waals surface area contributed by atoms with Crippen molar-refractivity contribution < 1.29 is 47.2 Å². The number of halogens is 3. The van der Waals surface area contributed by atoms with Crippen molar-refractivity contribution in [2.24, 2.45) is 22.7 Å². The second-order valence-corrected chi connectivity index (χ2v) is 11.6. The van der Waals surface area contributed by atoms with E-state index in [4.69, 9.17) is 14.2 Å². The first kappa shape index (κ1) is 27.0. The topological polar surface area (TPSA) is 99.1 Å². The van der Waals surface area contributed by atoms with E-state index >= 15 is 8.78 Å². The van der Waals surface area contributed by atoms with Gasteiger partial charge in [0.2, 0.25) is 5.78 Å². The Hall–Kier alpha value is -2.04. The molecule has 3 saturated carbocycles. The Bertz CT molecular complexity index is 1070. The third kappa shape index (κ3) is 3.13. The van der Waals surface area contributed by atoms with Gasteiger partial charge < -0.3 is 19.3 Å². The molecule has 0 aromatic heterocycles. The van der Waals surface area contributed by atoms with Crippen LogP contribution in [0.15, 0.2) is 23.8 Å². The molecule has 0 aromatic rings. The van der Waals surface area contributed by atoms with Crippen LogP contribution in [0.2, 0.25) is 0 Å². The molecule has 0 bridgehead atoms. The zero-order valence-corrected chi connectivity index (χ0v) is 21.0. The maximum atomic E-state index is 17.3. The highest BCUT2D eigenvalue weighted by molar-refractivity contribution is 6.01. The van der Waals surface area contributed by atoms with Gasteiger partial charge in [0, 0.05) is 23.7 Å². The summed E-state index contributed by atoms with van der Waals surface area (Å²) < 4.78 is 50.3. The van der Waals surface area contributed by atoms with Crippen LogP contribution in [0.3, 0.4) is 0 Å². The molecule has 1 aliphatic heterocycles. The first-order valence-electron chi connectivity index (χ1n) is 12.1. The Morgan fingerprint density at radius 1 is 1.19 bits per heavy atom. The van der Waals surface area contributed by atoms with Crippen molar-refractivity contribution in [2.45, 2.75) is 89.3 Å². The molecular formula is C26H33F3O7. The number of fused-ring (bicyclic) bond motifs is 7. The van der Waals surface area contributed by atoms with Gasteiger partial charge in [-0.15, -0.1) is 0 Å². The number of rotatable bonds is 3. The summed E-state index contributed by atoms with van der Waals surface area (Å²) in [5.74, 6) is -4.23. The monoisotopic (exact) mass is 514 g/mol. The van der Waals surface area contributed by atoms with Crippen LogP contribution in [0.5, 0.6) is 0 Å². The summed E-state index contributed by atoms with van der Waals surface area (Å²) in [7, 11) is 0. The smallest absolute Gasteiger partial charge is 0.303 e. The van der Waals surface area contributed by atoms with Gasteiger partial charge in [0.25, 0.3) is 0 Å². The number of ether oxygens (including phenoxy) is 3. The number of ketones is 2. The zero-order chi connectivity index (χ0) is 25.8. The Morgan fingerprint density at radius 2 is 1.86 bits per heavy atom. The molecule has 4 fully saturated rings.